The van der Waals surface area contributed by atoms with Crippen LogP contribution in [0.25, 0.3) is 0 Å². The number of carbonyl (C=O) groups excluding carboxylic acids is 1. The van der Waals surface area contributed by atoms with Gasteiger partial charge in [-0.25, -0.2) is 0 Å². The fourth-order valence-corrected chi connectivity index (χ4v) is 2.71. The first-order chi connectivity index (χ1) is 10.6. The molecule has 1 saturated heterocycles. The van der Waals surface area contributed by atoms with Crippen LogP contribution in [0.2, 0.25) is 0 Å². The number of carbonyl (C=O) groups is 1. The molecule has 1 aromatic rings. The van der Waals surface area contributed by atoms with Crippen molar-refractivity contribution >= 4 is 5.91 Å². The summed E-state index contributed by atoms with van der Waals surface area (Å²) in [4.78, 5) is 11.9. The third-order valence-electron chi connectivity index (χ3n) is 4.06. The standard InChI is InChI=1S/C18H28N2O2/c1-14-8-9-15(2)17(12-14)22-11-4-3-7-18(21)20-16-6-5-10-19-13-16/h8-9,12,16,19H,3-7,10-11,13H2,1-2H3,(H,20,21). The molecule has 22 heavy (non-hydrogen) atoms. The van der Waals surface area contributed by atoms with Crippen LogP contribution in [0.1, 0.15) is 43.2 Å². The summed E-state index contributed by atoms with van der Waals surface area (Å²) in [6.07, 6.45) is 4.61. The number of rotatable bonds is 7. The van der Waals surface area contributed by atoms with Gasteiger partial charge in [0.2, 0.25) is 5.91 Å². The molecule has 1 atom stereocenters. The quantitative estimate of drug-likeness (QED) is 0.762. The van der Waals surface area contributed by atoms with E-state index >= 15 is 0 Å². The average Bonchev–Trinajstić information content (AvgIpc) is 2.51. The Morgan fingerprint density at radius 1 is 1.36 bits per heavy atom. The summed E-state index contributed by atoms with van der Waals surface area (Å²) in [5.74, 6) is 1.12. The van der Waals surface area contributed by atoms with Crippen molar-refractivity contribution in [1.82, 2.24) is 10.6 Å². The lowest BCUT2D eigenvalue weighted by Crippen LogP contribution is -2.45. The van der Waals surface area contributed by atoms with Gasteiger partial charge in [-0.1, -0.05) is 12.1 Å². The zero-order valence-corrected chi connectivity index (χ0v) is 13.8. The lowest BCUT2D eigenvalue weighted by atomic mass is 10.1. The first-order valence-electron chi connectivity index (χ1n) is 8.35. The predicted molar refractivity (Wildman–Crippen MR) is 89.3 cm³/mol. The maximum atomic E-state index is 11.9. The molecule has 1 aliphatic heterocycles. The Balaban J connectivity index is 1.58. The van der Waals surface area contributed by atoms with Crippen molar-refractivity contribution in [3.63, 3.8) is 0 Å². The van der Waals surface area contributed by atoms with Crippen molar-refractivity contribution in [2.24, 2.45) is 0 Å². The van der Waals surface area contributed by atoms with E-state index in [4.69, 9.17) is 4.74 Å². The van der Waals surface area contributed by atoms with E-state index < -0.39 is 0 Å². The minimum atomic E-state index is 0.167. The molecular formula is C18H28N2O2. The normalized spacial score (nSPS) is 18.0. The summed E-state index contributed by atoms with van der Waals surface area (Å²) in [5, 5.41) is 6.41. The smallest absolute Gasteiger partial charge is 0.220 e. The van der Waals surface area contributed by atoms with Crippen LogP contribution in [0.5, 0.6) is 5.75 Å². The second kappa shape index (κ2) is 8.79. The summed E-state index contributed by atoms with van der Waals surface area (Å²) in [5.41, 5.74) is 2.37. The van der Waals surface area contributed by atoms with E-state index in [1.165, 1.54) is 5.56 Å². The number of ether oxygens (including phenoxy) is 1. The van der Waals surface area contributed by atoms with Crippen LogP contribution < -0.4 is 15.4 Å². The van der Waals surface area contributed by atoms with Crippen molar-refractivity contribution in [1.29, 1.82) is 0 Å². The molecule has 1 heterocycles. The van der Waals surface area contributed by atoms with E-state index in [2.05, 4.69) is 42.7 Å². The number of aryl methyl sites for hydroxylation is 2. The van der Waals surface area contributed by atoms with Crippen LogP contribution in [0.15, 0.2) is 18.2 Å². The van der Waals surface area contributed by atoms with Crippen LogP contribution in [-0.2, 0) is 4.79 Å². The van der Waals surface area contributed by atoms with Gasteiger partial charge in [0.05, 0.1) is 6.61 Å². The summed E-state index contributed by atoms with van der Waals surface area (Å²) in [6.45, 7) is 6.77. The Kier molecular flexibility index (Phi) is 6.72. The highest BCUT2D eigenvalue weighted by atomic mass is 16.5. The zero-order chi connectivity index (χ0) is 15.8. The van der Waals surface area contributed by atoms with Gasteiger partial charge < -0.3 is 15.4 Å². The molecule has 2 rings (SSSR count). The highest BCUT2D eigenvalue weighted by Crippen LogP contribution is 2.19. The highest BCUT2D eigenvalue weighted by Gasteiger charge is 2.14. The van der Waals surface area contributed by atoms with Crippen molar-refractivity contribution in [3.8, 4) is 5.75 Å². The zero-order valence-electron chi connectivity index (χ0n) is 13.8. The molecule has 1 aromatic carbocycles. The van der Waals surface area contributed by atoms with E-state index in [0.29, 0.717) is 19.1 Å². The van der Waals surface area contributed by atoms with Gasteiger partial charge in [-0.15, -0.1) is 0 Å². The molecule has 4 nitrogen and oxygen atoms in total. The first-order valence-corrected chi connectivity index (χ1v) is 8.35. The number of hydrogen-bond acceptors (Lipinski definition) is 3. The van der Waals surface area contributed by atoms with Crippen LogP contribution >= 0.6 is 0 Å². The number of piperidine rings is 1. The van der Waals surface area contributed by atoms with Gasteiger partial charge in [-0.05, 0) is 63.3 Å². The molecule has 0 bridgehead atoms. The summed E-state index contributed by atoms with van der Waals surface area (Å²) < 4.78 is 5.81. The average molecular weight is 304 g/mol. The minimum absolute atomic E-state index is 0.167. The lowest BCUT2D eigenvalue weighted by molar-refractivity contribution is -0.122. The fourth-order valence-electron chi connectivity index (χ4n) is 2.71. The van der Waals surface area contributed by atoms with Gasteiger partial charge in [0.15, 0.2) is 0 Å². The van der Waals surface area contributed by atoms with E-state index in [-0.39, 0.29) is 5.91 Å². The van der Waals surface area contributed by atoms with Crippen LogP contribution in [-0.4, -0.2) is 31.6 Å². The third-order valence-corrected chi connectivity index (χ3v) is 4.06. The third kappa shape index (κ3) is 5.68. The molecule has 0 radical (unpaired) electrons. The molecule has 1 unspecified atom stereocenters. The van der Waals surface area contributed by atoms with Crippen LogP contribution in [0.4, 0.5) is 0 Å². The molecule has 0 aliphatic carbocycles. The molecule has 1 fully saturated rings. The molecule has 1 aliphatic rings. The van der Waals surface area contributed by atoms with Crippen molar-refractivity contribution in [3.05, 3.63) is 29.3 Å². The van der Waals surface area contributed by atoms with Gasteiger partial charge in [0, 0.05) is 19.0 Å². The fraction of sp³-hybridized carbons (Fsp3) is 0.611. The predicted octanol–water partition coefficient (Wildman–Crippen LogP) is 2.72. The Bertz CT molecular complexity index is 482. The Labute approximate surface area is 133 Å². The van der Waals surface area contributed by atoms with Crippen LogP contribution in [0.3, 0.4) is 0 Å². The SMILES string of the molecule is Cc1ccc(C)c(OCCCCC(=O)NC2CCCNC2)c1. The van der Waals surface area contributed by atoms with E-state index in [1.54, 1.807) is 0 Å². The summed E-state index contributed by atoms with van der Waals surface area (Å²) in [7, 11) is 0. The molecule has 4 heteroatoms. The van der Waals surface area contributed by atoms with E-state index in [9.17, 15) is 4.79 Å². The largest absolute Gasteiger partial charge is 0.493 e. The molecule has 0 aromatic heterocycles. The second-order valence-corrected chi connectivity index (χ2v) is 6.19. The molecule has 0 saturated carbocycles. The number of unbranched alkanes of at least 4 members (excludes halogenated alkanes) is 1. The van der Waals surface area contributed by atoms with Gasteiger partial charge in [-0.3, -0.25) is 4.79 Å². The second-order valence-electron chi connectivity index (χ2n) is 6.19. The van der Waals surface area contributed by atoms with Crippen molar-refractivity contribution in [2.45, 2.75) is 52.0 Å². The Morgan fingerprint density at radius 3 is 3.00 bits per heavy atom. The Morgan fingerprint density at radius 2 is 2.23 bits per heavy atom. The van der Waals surface area contributed by atoms with E-state index in [1.807, 2.05) is 0 Å². The van der Waals surface area contributed by atoms with Crippen molar-refractivity contribution < 1.29 is 9.53 Å². The summed E-state index contributed by atoms with van der Waals surface area (Å²) in [6, 6.07) is 6.55. The molecule has 122 valence electrons. The van der Waals surface area contributed by atoms with Crippen LogP contribution in [0, 0.1) is 13.8 Å². The van der Waals surface area contributed by atoms with Gasteiger partial charge >= 0.3 is 0 Å². The number of nitrogens with one attached hydrogen (secondary N) is 2. The van der Waals surface area contributed by atoms with Crippen molar-refractivity contribution in [2.75, 3.05) is 19.7 Å². The topological polar surface area (TPSA) is 50.4 Å². The lowest BCUT2D eigenvalue weighted by Gasteiger charge is -2.23. The van der Waals surface area contributed by atoms with E-state index in [0.717, 1.165) is 50.1 Å². The van der Waals surface area contributed by atoms with Gasteiger partial charge in [0.1, 0.15) is 5.75 Å². The maximum Gasteiger partial charge on any atom is 0.220 e. The first kappa shape index (κ1) is 16.8. The molecule has 1 amide bonds. The monoisotopic (exact) mass is 304 g/mol. The Hall–Kier alpha value is -1.55. The van der Waals surface area contributed by atoms with Gasteiger partial charge in [-0.2, -0.15) is 0 Å². The van der Waals surface area contributed by atoms with Gasteiger partial charge in [0.25, 0.3) is 0 Å². The number of hydrogen-bond donors (Lipinski definition) is 2. The minimum Gasteiger partial charge on any atom is -0.493 e. The number of benzene rings is 1. The molecule has 2 N–H and O–H groups in total. The maximum absolute atomic E-state index is 11.9. The highest BCUT2D eigenvalue weighted by molar-refractivity contribution is 5.76. The number of amides is 1. The summed E-state index contributed by atoms with van der Waals surface area (Å²) >= 11 is 0. The molecular weight excluding hydrogens is 276 g/mol. The molecule has 0 spiro atoms.